The Bertz CT molecular complexity index is 973. The first-order valence-corrected chi connectivity index (χ1v) is 10.8. The molecule has 0 aromatic heterocycles. The van der Waals surface area contributed by atoms with Gasteiger partial charge in [0.2, 0.25) is 12.3 Å². The summed E-state index contributed by atoms with van der Waals surface area (Å²) in [7, 11) is 0. The van der Waals surface area contributed by atoms with Gasteiger partial charge in [0.1, 0.15) is 17.5 Å². The van der Waals surface area contributed by atoms with Crippen LogP contribution < -0.4 is 10.1 Å². The second-order valence-corrected chi connectivity index (χ2v) is 8.04. The lowest BCUT2D eigenvalue weighted by Gasteiger charge is -2.20. The Kier molecular flexibility index (Phi) is 10.1. The molecule has 2 aromatic carbocycles. The molecule has 2 aliphatic rings. The highest BCUT2D eigenvalue weighted by molar-refractivity contribution is 7.99. The molecule has 1 unspecified atom stereocenters. The van der Waals surface area contributed by atoms with Crippen molar-refractivity contribution in [1.29, 1.82) is 0 Å². The van der Waals surface area contributed by atoms with E-state index in [2.05, 4.69) is 36.5 Å². The first-order chi connectivity index (χ1) is 15.7. The normalized spacial score (nSPS) is 15.5. The molecule has 178 valence electrons. The monoisotopic (exact) mass is 482 g/mol. The number of carbonyl (C=O) groups excluding carboxylic acids is 2. The van der Waals surface area contributed by atoms with Gasteiger partial charge in [-0.3, -0.25) is 9.59 Å². The summed E-state index contributed by atoms with van der Waals surface area (Å²) in [5, 5.41) is 17.7. The lowest BCUT2D eigenvalue weighted by molar-refractivity contribution is -0.147. The molecule has 0 spiro atoms. The van der Waals surface area contributed by atoms with Crippen LogP contribution in [-0.2, 0) is 14.4 Å². The standard InChI is InChI=1S/C13H10OS.C8H12N2O4.CH2F2O/c1-9-6-7-13-11(8-9)14-10-4-2-3-5-12(10)15-13;11-5-9-4-7(12)10-3-1-2-6(10)8(13)14;2-1(3)4/h2-8H,1H3;5-6H,1-4H2,(H,9,11)(H,13,14);1,4H. The highest BCUT2D eigenvalue weighted by atomic mass is 32.2. The van der Waals surface area contributed by atoms with Gasteiger partial charge in [-0.1, -0.05) is 30.0 Å². The average Bonchev–Trinajstić information content (AvgIpc) is 3.27. The maximum Gasteiger partial charge on any atom is 0.342 e. The summed E-state index contributed by atoms with van der Waals surface area (Å²) < 4.78 is 25.6. The van der Waals surface area contributed by atoms with E-state index in [1.807, 2.05) is 18.2 Å². The van der Waals surface area contributed by atoms with Crippen LogP contribution in [0.1, 0.15) is 18.4 Å². The van der Waals surface area contributed by atoms with Crippen LogP contribution >= 0.6 is 11.8 Å². The molecule has 11 heteroatoms. The molecule has 2 aliphatic heterocycles. The van der Waals surface area contributed by atoms with Gasteiger partial charge in [0, 0.05) is 6.54 Å². The van der Waals surface area contributed by atoms with Crippen LogP contribution in [0.2, 0.25) is 0 Å². The minimum atomic E-state index is -3.17. The van der Waals surface area contributed by atoms with Crippen LogP contribution in [-0.4, -0.2) is 59.1 Å². The summed E-state index contributed by atoms with van der Waals surface area (Å²) >= 11 is 1.77. The highest BCUT2D eigenvalue weighted by Gasteiger charge is 2.33. The van der Waals surface area contributed by atoms with Gasteiger partial charge in [-0.15, -0.1) is 0 Å². The summed E-state index contributed by atoms with van der Waals surface area (Å²) in [4.78, 5) is 35.7. The second-order valence-electron chi connectivity index (χ2n) is 6.96. The number of carboxylic acid groups (broad SMARTS) is 1. The zero-order valence-electron chi connectivity index (χ0n) is 17.7. The van der Waals surface area contributed by atoms with E-state index in [1.165, 1.54) is 20.3 Å². The number of benzene rings is 2. The number of rotatable bonds is 4. The number of aryl methyl sites for hydroxylation is 1. The van der Waals surface area contributed by atoms with Gasteiger partial charge in [-0.05, 0) is 49.6 Å². The number of halogens is 2. The summed E-state index contributed by atoms with van der Waals surface area (Å²) in [5.74, 6) is 0.600. The number of carboxylic acids is 1. The fourth-order valence-electron chi connectivity index (χ4n) is 3.19. The molecule has 1 fully saturated rings. The Morgan fingerprint density at radius 1 is 1.24 bits per heavy atom. The number of para-hydroxylation sites is 1. The number of likely N-dealkylation sites (tertiary alicyclic amines) is 1. The van der Waals surface area contributed by atoms with Crippen LogP contribution in [0.15, 0.2) is 52.3 Å². The third-order valence-electron chi connectivity index (χ3n) is 4.58. The van der Waals surface area contributed by atoms with Gasteiger partial charge >= 0.3 is 12.6 Å². The number of ether oxygens (including phenoxy) is 1. The Morgan fingerprint density at radius 3 is 2.58 bits per heavy atom. The van der Waals surface area contributed by atoms with E-state index >= 15 is 0 Å². The smallest absolute Gasteiger partial charge is 0.342 e. The predicted molar refractivity (Wildman–Crippen MR) is 116 cm³/mol. The fraction of sp³-hybridized carbons (Fsp3) is 0.318. The molecule has 2 aromatic rings. The number of aliphatic hydroxyl groups is 1. The summed E-state index contributed by atoms with van der Waals surface area (Å²) in [5.41, 5.74) is 1.23. The molecule has 33 heavy (non-hydrogen) atoms. The molecule has 2 heterocycles. The maximum atomic E-state index is 11.4. The average molecular weight is 483 g/mol. The van der Waals surface area contributed by atoms with Crippen molar-refractivity contribution in [3.05, 3.63) is 48.0 Å². The van der Waals surface area contributed by atoms with E-state index < -0.39 is 18.6 Å². The lowest BCUT2D eigenvalue weighted by atomic mass is 10.2. The third kappa shape index (κ3) is 8.03. The number of aliphatic hydroxyl groups excluding tert-OH is 1. The van der Waals surface area contributed by atoms with Gasteiger partial charge in [-0.25, -0.2) is 4.79 Å². The molecule has 0 bridgehead atoms. The van der Waals surface area contributed by atoms with Gasteiger partial charge < -0.3 is 25.2 Å². The number of fused-ring (bicyclic) bond motifs is 2. The molecule has 0 radical (unpaired) electrons. The van der Waals surface area contributed by atoms with Gasteiger partial charge in [0.15, 0.2) is 0 Å². The minimum Gasteiger partial charge on any atom is -0.480 e. The minimum absolute atomic E-state index is 0.132. The molecule has 1 atom stereocenters. The van der Waals surface area contributed by atoms with E-state index in [0.29, 0.717) is 25.8 Å². The third-order valence-corrected chi connectivity index (χ3v) is 5.70. The molecular formula is C22H24F2N2O6S. The van der Waals surface area contributed by atoms with E-state index in [0.717, 1.165) is 11.5 Å². The Morgan fingerprint density at radius 2 is 1.91 bits per heavy atom. The van der Waals surface area contributed by atoms with Crippen molar-refractivity contribution in [2.75, 3.05) is 13.1 Å². The summed E-state index contributed by atoms with van der Waals surface area (Å²) in [6, 6.07) is 13.7. The second kappa shape index (κ2) is 12.8. The maximum absolute atomic E-state index is 11.4. The number of carbonyl (C=O) groups is 3. The molecule has 0 saturated carbocycles. The number of nitrogens with zero attached hydrogens (tertiary/aromatic N) is 1. The van der Waals surface area contributed by atoms with Gasteiger partial charge in [0.25, 0.3) is 0 Å². The highest BCUT2D eigenvalue weighted by Crippen LogP contribution is 2.46. The first kappa shape index (κ1) is 26.1. The van der Waals surface area contributed by atoms with E-state index in [1.54, 1.807) is 11.8 Å². The zero-order chi connectivity index (χ0) is 24.4. The molecule has 0 aliphatic carbocycles. The number of alkyl halides is 2. The molecule has 1 saturated heterocycles. The Balaban J connectivity index is 0.000000202. The number of hydrogen-bond donors (Lipinski definition) is 3. The van der Waals surface area contributed by atoms with Crippen LogP contribution in [0.4, 0.5) is 8.78 Å². The quantitative estimate of drug-likeness (QED) is 0.489. The van der Waals surface area contributed by atoms with E-state index in [4.69, 9.17) is 14.9 Å². The predicted octanol–water partition coefficient (Wildman–Crippen LogP) is 3.26. The number of hydrogen-bond acceptors (Lipinski definition) is 6. The van der Waals surface area contributed by atoms with Crippen molar-refractivity contribution in [2.24, 2.45) is 0 Å². The molecule has 3 N–H and O–H groups in total. The number of amides is 2. The van der Waals surface area contributed by atoms with E-state index in [-0.39, 0.29) is 12.5 Å². The first-order valence-electron chi connectivity index (χ1n) is 9.93. The van der Waals surface area contributed by atoms with Crippen LogP contribution in [0, 0.1) is 6.92 Å². The van der Waals surface area contributed by atoms with Gasteiger partial charge in [0.05, 0.1) is 16.3 Å². The van der Waals surface area contributed by atoms with Crippen LogP contribution in [0.5, 0.6) is 11.5 Å². The molecular weight excluding hydrogens is 458 g/mol. The Labute approximate surface area is 193 Å². The van der Waals surface area contributed by atoms with Crippen molar-refractivity contribution in [3.63, 3.8) is 0 Å². The summed E-state index contributed by atoms with van der Waals surface area (Å²) in [6.07, 6.45) is 1.61. The van der Waals surface area contributed by atoms with Crippen molar-refractivity contribution in [2.45, 2.75) is 42.2 Å². The van der Waals surface area contributed by atoms with Crippen molar-refractivity contribution < 1.29 is 38.1 Å². The lowest BCUT2D eigenvalue weighted by Crippen LogP contribution is -2.44. The molecule has 2 amide bonds. The largest absolute Gasteiger partial charge is 0.480 e. The fourth-order valence-corrected chi connectivity index (χ4v) is 4.12. The van der Waals surface area contributed by atoms with Crippen LogP contribution in [0.3, 0.4) is 0 Å². The molecule has 8 nitrogen and oxygen atoms in total. The van der Waals surface area contributed by atoms with E-state index in [9.17, 15) is 23.2 Å². The van der Waals surface area contributed by atoms with Crippen molar-refractivity contribution >= 4 is 30.0 Å². The number of nitrogens with one attached hydrogen (secondary N) is 1. The Hall–Kier alpha value is -3.18. The number of aliphatic carboxylic acids is 1. The van der Waals surface area contributed by atoms with Crippen molar-refractivity contribution in [3.8, 4) is 11.5 Å². The van der Waals surface area contributed by atoms with Crippen LogP contribution in [0.25, 0.3) is 0 Å². The summed E-state index contributed by atoms with van der Waals surface area (Å²) in [6.45, 7) is -0.765. The topological polar surface area (TPSA) is 116 Å². The SMILES string of the molecule is Cc1ccc2c(c1)Oc1ccccc1S2.O=CNCC(=O)N1CCCC1C(=O)O.OC(F)F. The zero-order valence-corrected chi connectivity index (χ0v) is 18.6. The van der Waals surface area contributed by atoms with Crippen molar-refractivity contribution in [1.82, 2.24) is 10.2 Å². The van der Waals surface area contributed by atoms with Gasteiger partial charge in [-0.2, -0.15) is 8.78 Å². The molecule has 4 rings (SSSR count).